The van der Waals surface area contributed by atoms with Crippen molar-refractivity contribution in [2.75, 3.05) is 11.9 Å². The van der Waals surface area contributed by atoms with E-state index in [1.165, 1.54) is 6.92 Å². The van der Waals surface area contributed by atoms with Crippen molar-refractivity contribution in [2.45, 2.75) is 26.6 Å². The second-order valence-corrected chi connectivity index (χ2v) is 5.35. The van der Waals surface area contributed by atoms with Gasteiger partial charge >= 0.3 is 5.97 Å². The van der Waals surface area contributed by atoms with Gasteiger partial charge in [0.05, 0.1) is 18.8 Å². The Bertz CT molecular complexity index is 710. The molecule has 2 aromatic rings. The highest BCUT2D eigenvalue weighted by Crippen LogP contribution is 2.16. The normalized spacial score (nSPS) is 11.5. The number of aliphatic hydroxyl groups is 1. The standard InChI is InChI=1S/C19H21NO5/c1-3-24-17-10-8-16(9-11-17)20-18(22)13(2)25-19(23)15-6-4-14(12-21)5-7-15/h4-11,13,21H,3,12H2,1-2H3,(H,20,22)/t13-/m0/s1. The summed E-state index contributed by atoms with van der Waals surface area (Å²) >= 11 is 0. The van der Waals surface area contributed by atoms with Crippen molar-refractivity contribution in [3.63, 3.8) is 0 Å². The average Bonchev–Trinajstić information content (AvgIpc) is 2.63. The van der Waals surface area contributed by atoms with Gasteiger partial charge in [0.25, 0.3) is 5.91 Å². The minimum absolute atomic E-state index is 0.101. The lowest BCUT2D eigenvalue weighted by Gasteiger charge is -2.14. The first kappa shape index (κ1) is 18.5. The highest BCUT2D eigenvalue weighted by atomic mass is 16.5. The maximum Gasteiger partial charge on any atom is 0.338 e. The van der Waals surface area contributed by atoms with Gasteiger partial charge in [0.1, 0.15) is 5.75 Å². The monoisotopic (exact) mass is 343 g/mol. The van der Waals surface area contributed by atoms with Crippen LogP contribution in [-0.4, -0.2) is 29.7 Å². The van der Waals surface area contributed by atoms with Crippen LogP contribution < -0.4 is 10.1 Å². The molecular formula is C19H21NO5. The number of benzene rings is 2. The van der Waals surface area contributed by atoms with Crippen molar-refractivity contribution in [3.05, 3.63) is 59.7 Å². The molecule has 6 heteroatoms. The predicted octanol–water partition coefficient (Wildman–Crippen LogP) is 2.76. The Balaban J connectivity index is 1.91. The van der Waals surface area contributed by atoms with Crippen LogP contribution in [-0.2, 0) is 16.1 Å². The topological polar surface area (TPSA) is 84.9 Å². The van der Waals surface area contributed by atoms with Gasteiger partial charge in [0.2, 0.25) is 0 Å². The lowest BCUT2D eigenvalue weighted by molar-refractivity contribution is -0.123. The molecule has 0 spiro atoms. The van der Waals surface area contributed by atoms with Crippen LogP contribution in [0.1, 0.15) is 29.8 Å². The van der Waals surface area contributed by atoms with Crippen molar-refractivity contribution in [2.24, 2.45) is 0 Å². The molecule has 0 bridgehead atoms. The summed E-state index contributed by atoms with van der Waals surface area (Å²) in [5.41, 5.74) is 1.60. The molecule has 0 aliphatic rings. The molecule has 0 aromatic heterocycles. The third-order valence-electron chi connectivity index (χ3n) is 3.46. The van der Waals surface area contributed by atoms with Crippen molar-refractivity contribution in [1.29, 1.82) is 0 Å². The number of ether oxygens (including phenoxy) is 2. The van der Waals surface area contributed by atoms with Crippen LogP contribution in [0, 0.1) is 0 Å². The van der Waals surface area contributed by atoms with Gasteiger partial charge < -0.3 is 19.9 Å². The maximum absolute atomic E-state index is 12.1. The first-order valence-electron chi connectivity index (χ1n) is 7.98. The van der Waals surface area contributed by atoms with Gasteiger partial charge in [-0.05, 0) is 55.8 Å². The number of anilines is 1. The summed E-state index contributed by atoms with van der Waals surface area (Å²) < 4.78 is 10.5. The number of amides is 1. The van der Waals surface area contributed by atoms with Gasteiger partial charge in [0, 0.05) is 5.69 Å². The Morgan fingerprint density at radius 2 is 1.72 bits per heavy atom. The van der Waals surface area contributed by atoms with Crippen LogP contribution in [0.15, 0.2) is 48.5 Å². The molecule has 0 aliphatic heterocycles. The van der Waals surface area contributed by atoms with Gasteiger partial charge in [-0.15, -0.1) is 0 Å². The van der Waals surface area contributed by atoms with Crippen molar-refractivity contribution >= 4 is 17.6 Å². The number of carbonyl (C=O) groups is 2. The number of esters is 1. The van der Waals surface area contributed by atoms with E-state index in [0.29, 0.717) is 29.2 Å². The zero-order valence-corrected chi connectivity index (χ0v) is 14.2. The predicted molar refractivity (Wildman–Crippen MR) is 93.5 cm³/mol. The van der Waals surface area contributed by atoms with Gasteiger partial charge in [-0.3, -0.25) is 4.79 Å². The summed E-state index contributed by atoms with van der Waals surface area (Å²) in [6.07, 6.45) is -0.948. The minimum Gasteiger partial charge on any atom is -0.494 e. The van der Waals surface area contributed by atoms with E-state index in [-0.39, 0.29) is 6.61 Å². The zero-order valence-electron chi connectivity index (χ0n) is 14.2. The molecule has 0 fully saturated rings. The van der Waals surface area contributed by atoms with E-state index in [2.05, 4.69) is 5.32 Å². The summed E-state index contributed by atoms with van der Waals surface area (Å²) in [7, 11) is 0. The SMILES string of the molecule is CCOc1ccc(NC(=O)[C@H](C)OC(=O)c2ccc(CO)cc2)cc1. The number of rotatable bonds is 7. The maximum atomic E-state index is 12.1. The van der Waals surface area contributed by atoms with Gasteiger partial charge in [-0.25, -0.2) is 4.79 Å². The molecule has 0 saturated carbocycles. The number of hydrogen-bond acceptors (Lipinski definition) is 5. The van der Waals surface area contributed by atoms with E-state index in [9.17, 15) is 9.59 Å². The third-order valence-corrected chi connectivity index (χ3v) is 3.46. The molecular weight excluding hydrogens is 322 g/mol. The van der Waals surface area contributed by atoms with Gasteiger partial charge in [0.15, 0.2) is 6.10 Å². The van der Waals surface area contributed by atoms with E-state index < -0.39 is 18.0 Å². The van der Waals surface area contributed by atoms with Crippen molar-refractivity contribution in [1.82, 2.24) is 0 Å². The molecule has 25 heavy (non-hydrogen) atoms. The fourth-order valence-electron chi connectivity index (χ4n) is 2.07. The molecule has 0 unspecified atom stereocenters. The zero-order chi connectivity index (χ0) is 18.2. The van der Waals surface area contributed by atoms with Crippen LogP contribution in [0.4, 0.5) is 5.69 Å². The fraction of sp³-hybridized carbons (Fsp3) is 0.263. The summed E-state index contributed by atoms with van der Waals surface area (Å²) in [5.74, 6) is -0.311. The Hall–Kier alpha value is -2.86. The Morgan fingerprint density at radius 1 is 1.08 bits per heavy atom. The molecule has 2 rings (SSSR count). The second-order valence-electron chi connectivity index (χ2n) is 5.35. The minimum atomic E-state index is -0.948. The van der Waals surface area contributed by atoms with Crippen LogP contribution in [0.3, 0.4) is 0 Å². The van der Waals surface area contributed by atoms with Crippen LogP contribution >= 0.6 is 0 Å². The number of aliphatic hydroxyl groups excluding tert-OH is 1. The van der Waals surface area contributed by atoms with E-state index in [0.717, 1.165) is 0 Å². The first-order chi connectivity index (χ1) is 12.0. The van der Waals surface area contributed by atoms with Crippen LogP contribution in [0.2, 0.25) is 0 Å². The molecule has 0 radical (unpaired) electrons. The smallest absolute Gasteiger partial charge is 0.338 e. The van der Waals surface area contributed by atoms with E-state index in [1.807, 2.05) is 6.92 Å². The summed E-state index contributed by atoms with van der Waals surface area (Å²) in [6.45, 7) is 3.86. The molecule has 6 nitrogen and oxygen atoms in total. The Kier molecular flexibility index (Phi) is 6.54. The average molecular weight is 343 g/mol. The van der Waals surface area contributed by atoms with Crippen LogP contribution in [0.5, 0.6) is 5.75 Å². The number of nitrogens with one attached hydrogen (secondary N) is 1. The molecule has 0 aliphatic carbocycles. The quantitative estimate of drug-likeness (QED) is 0.755. The van der Waals surface area contributed by atoms with Crippen LogP contribution in [0.25, 0.3) is 0 Å². The van der Waals surface area contributed by atoms with Gasteiger partial charge in [-0.2, -0.15) is 0 Å². The first-order valence-corrected chi connectivity index (χ1v) is 7.98. The van der Waals surface area contributed by atoms with Gasteiger partial charge in [-0.1, -0.05) is 12.1 Å². The third kappa shape index (κ3) is 5.32. The highest BCUT2D eigenvalue weighted by Gasteiger charge is 2.19. The fourth-order valence-corrected chi connectivity index (χ4v) is 2.07. The second kappa shape index (κ2) is 8.84. The Morgan fingerprint density at radius 3 is 2.28 bits per heavy atom. The molecule has 0 heterocycles. The number of carbonyl (C=O) groups excluding carboxylic acids is 2. The summed E-state index contributed by atoms with van der Waals surface area (Å²) in [4.78, 5) is 24.2. The Labute approximate surface area is 146 Å². The molecule has 1 atom stereocenters. The molecule has 0 saturated heterocycles. The summed E-state index contributed by atoms with van der Waals surface area (Å²) in [6, 6.07) is 13.3. The molecule has 132 valence electrons. The van der Waals surface area contributed by atoms with Crippen molar-refractivity contribution < 1.29 is 24.2 Å². The lowest BCUT2D eigenvalue weighted by atomic mass is 10.1. The lowest BCUT2D eigenvalue weighted by Crippen LogP contribution is -2.30. The molecule has 2 aromatic carbocycles. The largest absolute Gasteiger partial charge is 0.494 e. The van der Waals surface area contributed by atoms with E-state index in [1.54, 1.807) is 48.5 Å². The van der Waals surface area contributed by atoms with E-state index >= 15 is 0 Å². The van der Waals surface area contributed by atoms with E-state index in [4.69, 9.17) is 14.6 Å². The number of hydrogen-bond donors (Lipinski definition) is 2. The molecule has 1 amide bonds. The molecule has 2 N–H and O–H groups in total. The highest BCUT2D eigenvalue weighted by molar-refractivity contribution is 5.97. The van der Waals surface area contributed by atoms with Crippen molar-refractivity contribution in [3.8, 4) is 5.75 Å². The summed E-state index contributed by atoms with van der Waals surface area (Å²) in [5, 5.41) is 11.7.